The van der Waals surface area contributed by atoms with Gasteiger partial charge in [-0.2, -0.15) is 0 Å². The Bertz CT molecular complexity index is 1440. The van der Waals surface area contributed by atoms with E-state index in [1.807, 2.05) is 78.2 Å². The Morgan fingerprint density at radius 1 is 1.06 bits per heavy atom. The highest BCUT2D eigenvalue weighted by Crippen LogP contribution is 2.28. The van der Waals surface area contributed by atoms with E-state index >= 15 is 0 Å². The molecule has 0 unspecified atom stereocenters. The number of rotatable bonds is 17. The lowest BCUT2D eigenvalue weighted by atomic mass is 9.85. The molecule has 1 saturated heterocycles. The van der Waals surface area contributed by atoms with E-state index in [0.29, 0.717) is 39.1 Å². The minimum Gasteiger partial charge on any atom is -0.444 e. The van der Waals surface area contributed by atoms with E-state index in [1.54, 1.807) is 16.2 Å². The lowest BCUT2D eigenvalue weighted by Crippen LogP contribution is -2.58. The summed E-state index contributed by atoms with van der Waals surface area (Å²) in [5, 5.41) is 16.2. The number of amides is 4. The van der Waals surface area contributed by atoms with Crippen molar-refractivity contribution in [3.8, 4) is 10.4 Å². The molecule has 3 rings (SSSR count). The van der Waals surface area contributed by atoms with Crippen molar-refractivity contribution in [1.82, 2.24) is 25.4 Å². The summed E-state index contributed by atoms with van der Waals surface area (Å²) in [6.07, 6.45) is 1.80. The molecule has 1 aromatic heterocycles. The topological polar surface area (TPSA) is 176 Å². The molecule has 14 heteroatoms. The van der Waals surface area contributed by atoms with Gasteiger partial charge in [0.1, 0.15) is 24.3 Å². The van der Waals surface area contributed by atoms with Crippen molar-refractivity contribution in [2.45, 2.75) is 111 Å². The van der Waals surface area contributed by atoms with Gasteiger partial charge in [-0.25, -0.2) is 9.78 Å². The summed E-state index contributed by atoms with van der Waals surface area (Å²) in [6.45, 7) is 14.9. The highest BCUT2D eigenvalue weighted by atomic mass is 32.1. The van der Waals surface area contributed by atoms with Gasteiger partial charge in [0.2, 0.25) is 17.7 Å². The highest BCUT2D eigenvalue weighted by Gasteiger charge is 2.44. The van der Waals surface area contributed by atoms with Crippen LogP contribution in [0.4, 0.5) is 4.79 Å². The zero-order valence-corrected chi connectivity index (χ0v) is 32.1. The van der Waals surface area contributed by atoms with Crippen LogP contribution in [0.1, 0.15) is 84.9 Å². The van der Waals surface area contributed by atoms with Gasteiger partial charge >= 0.3 is 6.09 Å². The molecule has 0 radical (unpaired) electrons. The summed E-state index contributed by atoms with van der Waals surface area (Å²) in [4.78, 5) is 61.1. The Hall–Kier alpha value is -3.59. The number of β-amino-alcohol motifs (C(OH)–C–C–N with tert-alkyl or cyclic N) is 1. The molecular weight excluding hydrogens is 673 g/mol. The minimum absolute atomic E-state index is 0.00363. The first-order valence-electron chi connectivity index (χ1n) is 17.8. The number of nitrogens with one attached hydrogen (secondary N) is 2. The zero-order valence-electron chi connectivity index (χ0n) is 31.3. The fourth-order valence-electron chi connectivity index (χ4n) is 5.73. The molecule has 0 spiro atoms. The number of hydrogen-bond acceptors (Lipinski definition) is 10. The zero-order chi connectivity index (χ0) is 37.8. The van der Waals surface area contributed by atoms with Crippen LogP contribution in [-0.2, 0) is 30.4 Å². The second kappa shape index (κ2) is 19.3. The second-order valence-corrected chi connectivity index (χ2v) is 16.0. The van der Waals surface area contributed by atoms with E-state index in [-0.39, 0.29) is 38.1 Å². The Morgan fingerprint density at radius 3 is 2.35 bits per heavy atom. The summed E-state index contributed by atoms with van der Waals surface area (Å²) in [7, 11) is 0. The summed E-state index contributed by atoms with van der Waals surface area (Å²) in [6, 6.07) is 6.06. The van der Waals surface area contributed by atoms with E-state index in [2.05, 4.69) is 15.6 Å². The first-order valence-corrected chi connectivity index (χ1v) is 18.7. The highest BCUT2D eigenvalue weighted by molar-refractivity contribution is 7.13. The van der Waals surface area contributed by atoms with Crippen LogP contribution in [0, 0.1) is 12.3 Å². The fraction of sp³-hybridized carbons (Fsp3) is 0.649. The van der Waals surface area contributed by atoms with E-state index in [1.165, 1.54) is 4.90 Å². The van der Waals surface area contributed by atoms with Crippen LogP contribution in [0.2, 0.25) is 0 Å². The van der Waals surface area contributed by atoms with Crippen LogP contribution < -0.4 is 16.4 Å². The van der Waals surface area contributed by atoms with Gasteiger partial charge in [-0.1, -0.05) is 45.0 Å². The lowest BCUT2D eigenvalue weighted by molar-refractivity contribution is -0.144. The van der Waals surface area contributed by atoms with Gasteiger partial charge in [0.25, 0.3) is 0 Å². The van der Waals surface area contributed by atoms with Crippen molar-refractivity contribution in [2.24, 2.45) is 11.1 Å². The number of thiazole rings is 1. The van der Waals surface area contributed by atoms with Crippen LogP contribution in [0.15, 0.2) is 29.8 Å². The molecule has 0 aliphatic carbocycles. The Morgan fingerprint density at radius 2 is 1.75 bits per heavy atom. The number of aryl methyl sites for hydroxylation is 1. The third-order valence-corrected chi connectivity index (χ3v) is 9.42. The van der Waals surface area contributed by atoms with Crippen molar-refractivity contribution < 1.29 is 33.8 Å². The van der Waals surface area contributed by atoms with E-state index < -0.39 is 41.0 Å². The van der Waals surface area contributed by atoms with Gasteiger partial charge in [0.05, 0.1) is 22.2 Å². The molecule has 4 amide bonds. The van der Waals surface area contributed by atoms with Crippen molar-refractivity contribution in [2.75, 3.05) is 39.4 Å². The number of carbonyl (C=O) groups is 4. The van der Waals surface area contributed by atoms with Crippen molar-refractivity contribution in [3.63, 3.8) is 0 Å². The number of unbranched alkanes of at least 4 members (excludes halogenated alkanes) is 2. The van der Waals surface area contributed by atoms with Gasteiger partial charge in [-0.3, -0.25) is 14.4 Å². The van der Waals surface area contributed by atoms with Gasteiger partial charge in [-0.15, -0.1) is 11.3 Å². The number of aliphatic hydroxyl groups is 1. The molecule has 1 aromatic carbocycles. The third-order valence-electron chi connectivity index (χ3n) is 8.45. The SMILES string of the molecule is Cc1ncsc1-c1ccc(CNC(=O)[C@@H]2C[C@@H](O)CN2C(=O)[C@@H](NC(=O)COCCCCCN(CCCN)C(=O)OC(C)(C)C)C(C)(C)C)cc1. The monoisotopic (exact) mass is 730 g/mol. The van der Waals surface area contributed by atoms with Crippen molar-refractivity contribution in [3.05, 3.63) is 41.0 Å². The fourth-order valence-corrected chi connectivity index (χ4v) is 6.55. The van der Waals surface area contributed by atoms with Gasteiger partial charge in [-0.05, 0) is 76.5 Å². The average molecular weight is 731 g/mol. The van der Waals surface area contributed by atoms with Crippen LogP contribution >= 0.6 is 11.3 Å². The second-order valence-electron chi connectivity index (χ2n) is 15.2. The smallest absolute Gasteiger partial charge is 0.410 e. The number of aromatic nitrogens is 1. The minimum atomic E-state index is -0.940. The Kier molecular flexibility index (Phi) is 15.8. The molecule has 1 fully saturated rings. The van der Waals surface area contributed by atoms with Crippen molar-refractivity contribution in [1.29, 1.82) is 0 Å². The predicted octanol–water partition coefficient (Wildman–Crippen LogP) is 4.00. The standard InChI is InChI=1S/C37H58N6O7S/c1-25-31(51-24-40-25)27-14-12-26(13-15-27)21-39-33(46)29-20-28(44)22-43(29)34(47)32(36(2,3)4)41-30(45)23-49-19-10-8-9-17-42(18-11-16-38)35(48)50-37(5,6)7/h12-15,24,28-29,32,44H,8-11,16-23,38H2,1-7H3,(H,39,46)(H,41,45)/t28-,29+,32-/m1/s1. The Labute approximate surface area is 306 Å². The first kappa shape index (κ1) is 41.8. The number of benzene rings is 1. The van der Waals surface area contributed by atoms with Crippen LogP contribution in [-0.4, -0.2) is 107 Å². The summed E-state index contributed by atoms with van der Waals surface area (Å²) in [5.41, 5.74) is 9.11. The summed E-state index contributed by atoms with van der Waals surface area (Å²) < 4.78 is 11.1. The van der Waals surface area contributed by atoms with E-state index in [4.69, 9.17) is 15.2 Å². The molecule has 0 saturated carbocycles. The Balaban J connectivity index is 1.47. The number of nitrogens with two attached hydrogens (primary N) is 1. The average Bonchev–Trinajstić information content (AvgIpc) is 3.67. The molecule has 0 bridgehead atoms. The quantitative estimate of drug-likeness (QED) is 0.175. The number of carbonyl (C=O) groups excluding carboxylic acids is 4. The van der Waals surface area contributed by atoms with Crippen LogP contribution in [0.5, 0.6) is 0 Å². The molecule has 3 atom stereocenters. The number of likely N-dealkylation sites (tertiary alicyclic amines) is 1. The maximum atomic E-state index is 13.9. The molecule has 2 aromatic rings. The van der Waals surface area contributed by atoms with Crippen LogP contribution in [0.25, 0.3) is 10.4 Å². The number of aliphatic hydroxyl groups excluding tert-OH is 1. The number of nitrogens with zero attached hydrogens (tertiary/aromatic N) is 3. The number of hydrogen-bond donors (Lipinski definition) is 4. The molecule has 13 nitrogen and oxygen atoms in total. The number of ether oxygens (including phenoxy) is 2. The van der Waals surface area contributed by atoms with Gasteiger partial charge < -0.3 is 40.7 Å². The first-order chi connectivity index (χ1) is 24.0. The molecule has 1 aliphatic heterocycles. The lowest BCUT2D eigenvalue weighted by Gasteiger charge is -2.35. The summed E-state index contributed by atoms with van der Waals surface area (Å²) >= 11 is 1.57. The predicted molar refractivity (Wildman–Crippen MR) is 198 cm³/mol. The van der Waals surface area contributed by atoms with Gasteiger partial charge in [0, 0.05) is 39.2 Å². The molecule has 1 aliphatic rings. The normalized spacial score (nSPS) is 16.8. The maximum Gasteiger partial charge on any atom is 0.410 e. The summed E-state index contributed by atoms with van der Waals surface area (Å²) in [5.74, 6) is -1.24. The largest absolute Gasteiger partial charge is 0.444 e. The maximum absolute atomic E-state index is 13.9. The third kappa shape index (κ3) is 13.5. The van der Waals surface area contributed by atoms with E-state index in [9.17, 15) is 24.3 Å². The molecule has 5 N–H and O–H groups in total. The molecule has 284 valence electrons. The van der Waals surface area contributed by atoms with E-state index in [0.717, 1.165) is 34.5 Å². The van der Waals surface area contributed by atoms with Crippen molar-refractivity contribution >= 4 is 35.2 Å². The molecule has 51 heavy (non-hydrogen) atoms. The van der Waals surface area contributed by atoms with Gasteiger partial charge in [0.15, 0.2) is 0 Å². The molecule has 2 heterocycles. The molecular formula is C37H58N6O7S. The van der Waals surface area contributed by atoms with Crippen LogP contribution in [0.3, 0.4) is 0 Å².